The van der Waals surface area contributed by atoms with Gasteiger partial charge < -0.3 is 19.9 Å². The molecule has 0 fully saturated rings. The van der Waals surface area contributed by atoms with Crippen LogP contribution in [0, 0.1) is 5.41 Å². The molecule has 0 aliphatic carbocycles. The van der Waals surface area contributed by atoms with E-state index in [-0.39, 0.29) is 6.10 Å². The van der Waals surface area contributed by atoms with E-state index >= 15 is 0 Å². The number of nitrogens with one attached hydrogen (secondary N) is 1. The van der Waals surface area contributed by atoms with Crippen molar-refractivity contribution in [3.8, 4) is 0 Å². The summed E-state index contributed by atoms with van der Waals surface area (Å²) >= 11 is 0. The maximum absolute atomic E-state index is 10.8. The first-order chi connectivity index (χ1) is 6.94. The molecule has 0 heterocycles. The Morgan fingerprint density at radius 1 is 1.47 bits per heavy atom. The van der Waals surface area contributed by atoms with Gasteiger partial charge in [-0.25, -0.2) is 0 Å². The first-order valence-electron chi connectivity index (χ1n) is 4.90. The second-order valence-electron chi connectivity index (χ2n) is 4.13. The van der Waals surface area contributed by atoms with Gasteiger partial charge >= 0.3 is 5.97 Å². The molecule has 0 amide bonds. The van der Waals surface area contributed by atoms with Gasteiger partial charge in [0.25, 0.3) is 0 Å². The van der Waals surface area contributed by atoms with Crippen molar-refractivity contribution >= 4 is 5.97 Å². The molecule has 0 saturated heterocycles. The first-order valence-corrected chi connectivity index (χ1v) is 4.90. The number of hydrogen-bond donors (Lipinski definition) is 2. The van der Waals surface area contributed by atoms with E-state index in [2.05, 4.69) is 5.32 Å². The predicted octanol–water partition coefficient (Wildman–Crippen LogP) is 0.348. The van der Waals surface area contributed by atoms with Crippen LogP contribution in [0.1, 0.15) is 13.8 Å². The lowest BCUT2D eigenvalue weighted by molar-refractivity contribution is -0.146. The molecule has 0 saturated carbocycles. The number of rotatable bonds is 8. The Labute approximate surface area is 90.8 Å². The average molecular weight is 219 g/mol. The highest BCUT2D eigenvalue weighted by Crippen LogP contribution is 2.12. The monoisotopic (exact) mass is 219 g/mol. The summed E-state index contributed by atoms with van der Waals surface area (Å²) in [7, 11) is 3.21. The van der Waals surface area contributed by atoms with E-state index in [0.29, 0.717) is 19.7 Å². The molecule has 0 spiro atoms. The summed E-state index contributed by atoms with van der Waals surface area (Å²) < 4.78 is 10.1. The molecule has 0 bridgehead atoms. The molecule has 0 rings (SSSR count). The second kappa shape index (κ2) is 6.76. The lowest BCUT2D eigenvalue weighted by Gasteiger charge is -2.21. The maximum Gasteiger partial charge on any atom is 0.310 e. The summed E-state index contributed by atoms with van der Waals surface area (Å²) in [4.78, 5) is 10.8. The fourth-order valence-corrected chi connectivity index (χ4v) is 1.02. The van der Waals surface area contributed by atoms with Gasteiger partial charge in [0.2, 0.25) is 0 Å². The van der Waals surface area contributed by atoms with Gasteiger partial charge in [-0.1, -0.05) is 0 Å². The fraction of sp³-hybridized carbons (Fsp3) is 0.900. The Morgan fingerprint density at radius 2 is 2.07 bits per heavy atom. The molecule has 0 aromatic carbocycles. The number of aliphatic carboxylic acids is 1. The number of methoxy groups -OCH3 is 2. The quantitative estimate of drug-likeness (QED) is 0.616. The fourth-order valence-electron chi connectivity index (χ4n) is 1.02. The van der Waals surface area contributed by atoms with Crippen molar-refractivity contribution in [1.29, 1.82) is 0 Å². The normalized spacial score (nSPS) is 13.9. The number of ether oxygens (including phenoxy) is 2. The lowest BCUT2D eigenvalue weighted by Crippen LogP contribution is -2.40. The van der Waals surface area contributed by atoms with Crippen LogP contribution in [-0.4, -0.2) is 51.1 Å². The molecule has 0 aromatic heterocycles. The van der Waals surface area contributed by atoms with Crippen LogP contribution in [0.25, 0.3) is 0 Å². The Bertz CT molecular complexity index is 194. The zero-order chi connectivity index (χ0) is 11.9. The minimum absolute atomic E-state index is 0.0420. The molecule has 0 aliphatic rings. The van der Waals surface area contributed by atoms with Crippen molar-refractivity contribution in [2.24, 2.45) is 5.41 Å². The van der Waals surface area contributed by atoms with Crippen molar-refractivity contribution in [3.05, 3.63) is 0 Å². The van der Waals surface area contributed by atoms with Gasteiger partial charge in [-0.3, -0.25) is 4.79 Å². The van der Waals surface area contributed by atoms with Crippen LogP contribution < -0.4 is 5.32 Å². The molecule has 15 heavy (non-hydrogen) atoms. The highest BCUT2D eigenvalue weighted by Gasteiger charge is 2.26. The van der Waals surface area contributed by atoms with E-state index in [1.807, 2.05) is 0 Å². The first kappa shape index (κ1) is 14.3. The smallest absolute Gasteiger partial charge is 0.310 e. The molecule has 1 unspecified atom stereocenters. The van der Waals surface area contributed by atoms with Crippen molar-refractivity contribution in [2.75, 3.05) is 33.9 Å². The van der Waals surface area contributed by atoms with Gasteiger partial charge in [-0.05, 0) is 13.8 Å². The zero-order valence-electron chi connectivity index (χ0n) is 9.87. The molecular weight excluding hydrogens is 198 g/mol. The highest BCUT2D eigenvalue weighted by molar-refractivity contribution is 5.73. The van der Waals surface area contributed by atoms with Gasteiger partial charge in [0.15, 0.2) is 0 Å². The predicted molar refractivity (Wildman–Crippen MR) is 57.0 cm³/mol. The van der Waals surface area contributed by atoms with Gasteiger partial charge in [0.05, 0.1) is 18.1 Å². The number of carboxylic acids is 1. The number of carboxylic acid groups (broad SMARTS) is 1. The summed E-state index contributed by atoms with van der Waals surface area (Å²) in [6.45, 7) is 4.85. The average Bonchev–Trinajstić information content (AvgIpc) is 2.16. The molecule has 0 aliphatic heterocycles. The summed E-state index contributed by atoms with van der Waals surface area (Å²) in [5.41, 5.74) is -0.759. The van der Waals surface area contributed by atoms with Crippen LogP contribution >= 0.6 is 0 Å². The van der Waals surface area contributed by atoms with E-state index in [1.54, 1.807) is 28.1 Å². The van der Waals surface area contributed by atoms with Crippen LogP contribution in [-0.2, 0) is 14.3 Å². The summed E-state index contributed by atoms with van der Waals surface area (Å²) in [6, 6.07) is 0. The van der Waals surface area contributed by atoms with Gasteiger partial charge in [0, 0.05) is 27.3 Å². The maximum atomic E-state index is 10.8. The van der Waals surface area contributed by atoms with Crippen molar-refractivity contribution in [1.82, 2.24) is 5.32 Å². The molecule has 0 radical (unpaired) electrons. The Balaban J connectivity index is 3.81. The summed E-state index contributed by atoms with van der Waals surface area (Å²) in [5, 5.41) is 11.9. The minimum Gasteiger partial charge on any atom is -0.481 e. The van der Waals surface area contributed by atoms with Crippen molar-refractivity contribution in [2.45, 2.75) is 20.0 Å². The molecular formula is C10H21NO4. The number of hydrogen-bond acceptors (Lipinski definition) is 4. The van der Waals surface area contributed by atoms with Crippen LogP contribution in [0.2, 0.25) is 0 Å². The van der Waals surface area contributed by atoms with Gasteiger partial charge in [-0.15, -0.1) is 0 Å². The van der Waals surface area contributed by atoms with Crippen molar-refractivity contribution < 1.29 is 19.4 Å². The molecule has 90 valence electrons. The van der Waals surface area contributed by atoms with E-state index in [1.165, 1.54) is 0 Å². The number of carbonyl (C=O) groups is 1. The van der Waals surface area contributed by atoms with Crippen LogP contribution in [0.4, 0.5) is 0 Å². The molecule has 1 atom stereocenters. The van der Waals surface area contributed by atoms with E-state index < -0.39 is 11.4 Å². The largest absolute Gasteiger partial charge is 0.481 e. The van der Waals surface area contributed by atoms with E-state index in [4.69, 9.17) is 14.6 Å². The Morgan fingerprint density at radius 3 is 2.47 bits per heavy atom. The van der Waals surface area contributed by atoms with Crippen LogP contribution in [0.15, 0.2) is 0 Å². The third-order valence-corrected chi connectivity index (χ3v) is 2.20. The molecule has 2 N–H and O–H groups in total. The highest BCUT2D eigenvalue weighted by atomic mass is 16.5. The summed E-state index contributed by atoms with van der Waals surface area (Å²) in [6.07, 6.45) is -0.0420. The van der Waals surface area contributed by atoms with Crippen molar-refractivity contribution in [3.63, 3.8) is 0 Å². The van der Waals surface area contributed by atoms with Crippen LogP contribution in [0.5, 0.6) is 0 Å². The van der Waals surface area contributed by atoms with Gasteiger partial charge in [-0.2, -0.15) is 0 Å². The minimum atomic E-state index is -0.810. The van der Waals surface area contributed by atoms with E-state index in [9.17, 15) is 4.79 Å². The summed E-state index contributed by atoms with van der Waals surface area (Å²) in [5.74, 6) is -0.810. The third kappa shape index (κ3) is 5.71. The topological polar surface area (TPSA) is 67.8 Å². The standard InChI is InChI=1S/C10H21NO4/c1-10(2,9(12)13)7-11-5-8(15-4)6-14-3/h8,11H,5-7H2,1-4H3,(H,12,13). The SMILES string of the molecule is COCC(CNCC(C)(C)C(=O)O)OC. The molecule has 5 nitrogen and oxygen atoms in total. The van der Waals surface area contributed by atoms with E-state index in [0.717, 1.165) is 0 Å². The second-order valence-corrected chi connectivity index (χ2v) is 4.13. The Kier molecular flexibility index (Phi) is 6.47. The lowest BCUT2D eigenvalue weighted by atomic mass is 9.94. The zero-order valence-corrected chi connectivity index (χ0v) is 9.87. The molecule has 0 aromatic rings. The van der Waals surface area contributed by atoms with Gasteiger partial charge in [0.1, 0.15) is 0 Å². The Hall–Kier alpha value is -0.650. The van der Waals surface area contributed by atoms with Crippen LogP contribution in [0.3, 0.4) is 0 Å². The third-order valence-electron chi connectivity index (χ3n) is 2.20. The molecule has 5 heteroatoms.